The standard InChI is InChI=1S/C10H19N3O/c1-2-13-7-3-10(4-8-13)9(14)11-5-6-12-10/h12H,2-8H2,1H3,(H,11,14). The van der Waals surface area contributed by atoms with Gasteiger partial charge in [-0.3, -0.25) is 4.79 Å². The molecule has 2 aliphatic heterocycles. The summed E-state index contributed by atoms with van der Waals surface area (Å²) in [6.07, 6.45) is 1.90. The summed E-state index contributed by atoms with van der Waals surface area (Å²) >= 11 is 0. The summed E-state index contributed by atoms with van der Waals surface area (Å²) in [5.41, 5.74) is -0.246. The van der Waals surface area contributed by atoms with E-state index in [9.17, 15) is 4.79 Å². The number of carbonyl (C=O) groups is 1. The monoisotopic (exact) mass is 197 g/mol. The summed E-state index contributed by atoms with van der Waals surface area (Å²) in [6, 6.07) is 0. The highest BCUT2D eigenvalue weighted by Gasteiger charge is 2.42. The van der Waals surface area contributed by atoms with Crippen LogP contribution in [0.2, 0.25) is 0 Å². The van der Waals surface area contributed by atoms with Gasteiger partial charge >= 0.3 is 0 Å². The van der Waals surface area contributed by atoms with Gasteiger partial charge in [-0.05, 0) is 19.4 Å². The van der Waals surface area contributed by atoms with E-state index in [1.54, 1.807) is 0 Å². The van der Waals surface area contributed by atoms with Crippen LogP contribution in [0, 0.1) is 0 Å². The molecule has 0 saturated carbocycles. The first kappa shape index (κ1) is 9.93. The van der Waals surface area contributed by atoms with Gasteiger partial charge < -0.3 is 15.5 Å². The molecule has 0 aromatic carbocycles. The molecule has 0 unspecified atom stereocenters. The van der Waals surface area contributed by atoms with E-state index in [0.717, 1.165) is 45.6 Å². The Bertz CT molecular complexity index is 221. The van der Waals surface area contributed by atoms with Crippen LogP contribution in [-0.2, 0) is 4.79 Å². The minimum Gasteiger partial charge on any atom is -0.353 e. The summed E-state index contributed by atoms with van der Waals surface area (Å²) in [5, 5.41) is 6.35. The largest absolute Gasteiger partial charge is 0.353 e. The van der Waals surface area contributed by atoms with Crippen molar-refractivity contribution in [3.8, 4) is 0 Å². The lowest BCUT2D eigenvalue weighted by molar-refractivity contribution is -0.131. The lowest BCUT2D eigenvalue weighted by Crippen LogP contribution is -2.66. The van der Waals surface area contributed by atoms with Crippen molar-refractivity contribution in [2.45, 2.75) is 25.3 Å². The van der Waals surface area contributed by atoms with Crippen molar-refractivity contribution in [3.05, 3.63) is 0 Å². The quantitative estimate of drug-likeness (QED) is 0.599. The zero-order valence-electron chi connectivity index (χ0n) is 8.81. The van der Waals surface area contributed by atoms with Crippen molar-refractivity contribution in [1.29, 1.82) is 0 Å². The van der Waals surface area contributed by atoms with Gasteiger partial charge in [-0.15, -0.1) is 0 Å². The molecule has 0 aliphatic carbocycles. The zero-order valence-corrected chi connectivity index (χ0v) is 8.81. The Hall–Kier alpha value is -0.610. The van der Waals surface area contributed by atoms with Crippen molar-refractivity contribution >= 4 is 5.91 Å². The molecule has 2 N–H and O–H groups in total. The van der Waals surface area contributed by atoms with Crippen LogP contribution in [0.1, 0.15) is 19.8 Å². The van der Waals surface area contributed by atoms with Gasteiger partial charge in [0.25, 0.3) is 0 Å². The normalized spacial score (nSPS) is 27.6. The Morgan fingerprint density at radius 2 is 2.07 bits per heavy atom. The van der Waals surface area contributed by atoms with E-state index in [1.165, 1.54) is 0 Å². The summed E-state index contributed by atoms with van der Waals surface area (Å²) in [5.74, 6) is 0.208. The van der Waals surface area contributed by atoms with E-state index >= 15 is 0 Å². The van der Waals surface area contributed by atoms with Gasteiger partial charge in [0.1, 0.15) is 5.54 Å². The second-order valence-corrected chi connectivity index (χ2v) is 4.20. The second-order valence-electron chi connectivity index (χ2n) is 4.20. The van der Waals surface area contributed by atoms with E-state index in [-0.39, 0.29) is 11.4 Å². The van der Waals surface area contributed by atoms with Crippen molar-refractivity contribution in [3.63, 3.8) is 0 Å². The topological polar surface area (TPSA) is 44.4 Å². The predicted octanol–water partition coefficient (Wildman–Crippen LogP) is -0.440. The highest BCUT2D eigenvalue weighted by atomic mass is 16.2. The zero-order chi connectivity index (χ0) is 10.0. The molecule has 0 bridgehead atoms. The molecule has 2 aliphatic rings. The molecular weight excluding hydrogens is 178 g/mol. The molecule has 0 aromatic heterocycles. The van der Waals surface area contributed by atoms with Crippen LogP contribution in [0.5, 0.6) is 0 Å². The van der Waals surface area contributed by atoms with E-state index < -0.39 is 0 Å². The Kier molecular flexibility index (Phi) is 2.74. The highest BCUT2D eigenvalue weighted by molar-refractivity contribution is 5.87. The third-order valence-electron chi connectivity index (χ3n) is 3.47. The number of likely N-dealkylation sites (tertiary alicyclic amines) is 1. The van der Waals surface area contributed by atoms with Crippen LogP contribution in [0.15, 0.2) is 0 Å². The number of hydrogen-bond acceptors (Lipinski definition) is 3. The van der Waals surface area contributed by atoms with Crippen LogP contribution in [0.3, 0.4) is 0 Å². The Balaban J connectivity index is 1.99. The van der Waals surface area contributed by atoms with Gasteiger partial charge in [-0.1, -0.05) is 6.92 Å². The number of nitrogens with one attached hydrogen (secondary N) is 2. The van der Waals surface area contributed by atoms with Gasteiger partial charge in [0.15, 0.2) is 0 Å². The van der Waals surface area contributed by atoms with Crippen molar-refractivity contribution in [2.24, 2.45) is 0 Å². The lowest BCUT2D eigenvalue weighted by atomic mass is 9.85. The van der Waals surface area contributed by atoms with Crippen LogP contribution < -0.4 is 10.6 Å². The fourth-order valence-electron chi connectivity index (χ4n) is 2.38. The first-order chi connectivity index (χ1) is 6.77. The Morgan fingerprint density at radius 3 is 2.64 bits per heavy atom. The molecule has 14 heavy (non-hydrogen) atoms. The van der Waals surface area contributed by atoms with E-state index in [2.05, 4.69) is 22.5 Å². The van der Waals surface area contributed by atoms with Crippen molar-refractivity contribution in [2.75, 3.05) is 32.7 Å². The molecule has 80 valence electrons. The maximum Gasteiger partial charge on any atom is 0.240 e. The maximum absolute atomic E-state index is 11.8. The molecule has 2 rings (SSSR count). The molecule has 4 nitrogen and oxygen atoms in total. The molecule has 1 spiro atoms. The molecule has 2 fully saturated rings. The van der Waals surface area contributed by atoms with Gasteiger partial charge in [0.05, 0.1) is 0 Å². The minimum atomic E-state index is -0.246. The van der Waals surface area contributed by atoms with Crippen LogP contribution in [0.4, 0.5) is 0 Å². The maximum atomic E-state index is 11.8. The fourth-order valence-corrected chi connectivity index (χ4v) is 2.38. The molecule has 4 heteroatoms. The second kappa shape index (κ2) is 3.87. The van der Waals surface area contributed by atoms with Gasteiger partial charge in [-0.2, -0.15) is 0 Å². The molecule has 1 amide bonds. The SMILES string of the molecule is CCN1CCC2(CC1)NCCNC2=O. The lowest BCUT2D eigenvalue weighted by Gasteiger charge is -2.43. The van der Waals surface area contributed by atoms with E-state index in [1.807, 2.05) is 0 Å². The van der Waals surface area contributed by atoms with Crippen LogP contribution in [0.25, 0.3) is 0 Å². The number of rotatable bonds is 1. The van der Waals surface area contributed by atoms with Gasteiger partial charge in [0.2, 0.25) is 5.91 Å². The molecule has 2 saturated heterocycles. The average Bonchev–Trinajstić information content (AvgIpc) is 2.24. The number of nitrogens with zero attached hydrogens (tertiary/aromatic N) is 1. The van der Waals surface area contributed by atoms with E-state index in [0.29, 0.717) is 0 Å². The molecule has 0 aromatic rings. The smallest absolute Gasteiger partial charge is 0.240 e. The highest BCUT2D eigenvalue weighted by Crippen LogP contribution is 2.23. The predicted molar refractivity (Wildman–Crippen MR) is 55.1 cm³/mol. The summed E-state index contributed by atoms with van der Waals surface area (Å²) in [6.45, 7) is 7.04. The van der Waals surface area contributed by atoms with Gasteiger partial charge in [0, 0.05) is 26.2 Å². The number of carbonyl (C=O) groups excluding carboxylic acids is 1. The minimum absolute atomic E-state index is 0.208. The van der Waals surface area contributed by atoms with Gasteiger partial charge in [-0.25, -0.2) is 0 Å². The first-order valence-corrected chi connectivity index (χ1v) is 5.52. The van der Waals surface area contributed by atoms with Crippen molar-refractivity contribution in [1.82, 2.24) is 15.5 Å². The molecule has 0 radical (unpaired) electrons. The summed E-state index contributed by atoms with van der Waals surface area (Å²) < 4.78 is 0. The number of piperazine rings is 1. The number of amides is 1. The first-order valence-electron chi connectivity index (χ1n) is 5.52. The summed E-state index contributed by atoms with van der Waals surface area (Å²) in [7, 11) is 0. The third kappa shape index (κ3) is 1.64. The molecule has 0 atom stereocenters. The van der Waals surface area contributed by atoms with Crippen LogP contribution in [-0.4, -0.2) is 49.1 Å². The number of piperidine rings is 1. The van der Waals surface area contributed by atoms with Crippen molar-refractivity contribution < 1.29 is 4.79 Å². The van der Waals surface area contributed by atoms with E-state index in [4.69, 9.17) is 0 Å². The number of hydrogen-bond donors (Lipinski definition) is 2. The Morgan fingerprint density at radius 1 is 1.36 bits per heavy atom. The molecule has 2 heterocycles. The summed E-state index contributed by atoms with van der Waals surface area (Å²) in [4.78, 5) is 14.2. The van der Waals surface area contributed by atoms with Crippen LogP contribution >= 0.6 is 0 Å². The Labute approximate surface area is 85.0 Å². The molecular formula is C10H19N3O. The average molecular weight is 197 g/mol. The fraction of sp³-hybridized carbons (Fsp3) is 0.900. The third-order valence-corrected chi connectivity index (χ3v) is 3.47.